The molecule has 0 heterocycles. The number of nitrogens with two attached hydrogens (primary N) is 1. The smallest absolute Gasteiger partial charge is 0.168 e. The van der Waals surface area contributed by atoms with Crippen molar-refractivity contribution in [1.82, 2.24) is 0 Å². The zero-order valence-corrected chi connectivity index (χ0v) is 7.91. The van der Waals surface area contributed by atoms with E-state index in [-0.39, 0.29) is 10.9 Å². The predicted octanol–water partition coefficient (Wildman–Crippen LogP) is 1.52. The monoisotopic (exact) mass is 199 g/mol. The SMILES string of the molecule is CNc1ccc(F)cc1NC(N)=S. The molecule has 70 valence electrons. The lowest BCUT2D eigenvalue weighted by Crippen LogP contribution is -2.19. The standard InChI is InChI=1S/C8H10FN3S/c1-11-6-3-2-5(9)4-7(6)12-8(10)13/h2-4,11H,1H3,(H3,10,12,13). The molecule has 0 fully saturated rings. The van der Waals surface area contributed by atoms with Crippen LogP contribution in [-0.2, 0) is 0 Å². The van der Waals surface area contributed by atoms with Crippen molar-refractivity contribution < 1.29 is 4.39 Å². The largest absolute Gasteiger partial charge is 0.386 e. The molecule has 1 rings (SSSR count). The van der Waals surface area contributed by atoms with E-state index in [4.69, 9.17) is 5.73 Å². The van der Waals surface area contributed by atoms with Crippen LogP contribution in [0, 0.1) is 5.82 Å². The van der Waals surface area contributed by atoms with Crippen LogP contribution in [0.5, 0.6) is 0 Å². The van der Waals surface area contributed by atoms with Crippen LogP contribution in [0.2, 0.25) is 0 Å². The summed E-state index contributed by atoms with van der Waals surface area (Å²) in [6, 6.07) is 4.29. The maximum absolute atomic E-state index is 12.8. The van der Waals surface area contributed by atoms with Crippen LogP contribution in [0.25, 0.3) is 0 Å². The molecule has 0 amide bonds. The van der Waals surface area contributed by atoms with Gasteiger partial charge in [0, 0.05) is 7.05 Å². The number of benzene rings is 1. The minimum Gasteiger partial charge on any atom is -0.386 e. The predicted molar refractivity (Wildman–Crippen MR) is 56.4 cm³/mol. The Morgan fingerprint density at radius 2 is 2.15 bits per heavy atom. The number of rotatable bonds is 2. The summed E-state index contributed by atoms with van der Waals surface area (Å²) in [6.07, 6.45) is 0. The third kappa shape index (κ3) is 2.55. The third-order valence-corrected chi connectivity index (χ3v) is 1.61. The molecular formula is C8H10FN3S. The molecule has 0 aliphatic carbocycles. The van der Waals surface area contributed by atoms with Gasteiger partial charge in [-0.15, -0.1) is 0 Å². The van der Waals surface area contributed by atoms with Crippen LogP contribution in [0.4, 0.5) is 15.8 Å². The molecule has 0 saturated heterocycles. The average molecular weight is 199 g/mol. The van der Waals surface area contributed by atoms with Crippen molar-refractivity contribution in [3.05, 3.63) is 24.0 Å². The van der Waals surface area contributed by atoms with Crippen molar-refractivity contribution in [3.8, 4) is 0 Å². The molecule has 13 heavy (non-hydrogen) atoms. The molecule has 5 heteroatoms. The highest BCUT2D eigenvalue weighted by atomic mass is 32.1. The Balaban J connectivity index is 3.01. The van der Waals surface area contributed by atoms with Crippen molar-refractivity contribution in [3.63, 3.8) is 0 Å². The van der Waals surface area contributed by atoms with Gasteiger partial charge in [-0.05, 0) is 30.4 Å². The van der Waals surface area contributed by atoms with Gasteiger partial charge in [0.25, 0.3) is 0 Å². The van der Waals surface area contributed by atoms with E-state index in [2.05, 4.69) is 22.9 Å². The minimum absolute atomic E-state index is 0.113. The summed E-state index contributed by atoms with van der Waals surface area (Å²) in [4.78, 5) is 0. The Labute approximate surface area is 81.1 Å². The topological polar surface area (TPSA) is 50.1 Å². The van der Waals surface area contributed by atoms with E-state index in [1.54, 1.807) is 13.1 Å². The van der Waals surface area contributed by atoms with E-state index in [0.29, 0.717) is 5.69 Å². The van der Waals surface area contributed by atoms with Crippen molar-refractivity contribution in [2.24, 2.45) is 5.73 Å². The first kappa shape index (κ1) is 9.73. The molecule has 0 atom stereocenters. The Morgan fingerprint density at radius 1 is 1.46 bits per heavy atom. The molecule has 1 aromatic carbocycles. The first-order valence-corrected chi connectivity index (χ1v) is 4.08. The highest BCUT2D eigenvalue weighted by Crippen LogP contribution is 2.21. The van der Waals surface area contributed by atoms with Gasteiger partial charge in [-0.1, -0.05) is 0 Å². The van der Waals surface area contributed by atoms with E-state index in [1.807, 2.05) is 0 Å². The lowest BCUT2D eigenvalue weighted by atomic mass is 10.2. The second-order valence-electron chi connectivity index (χ2n) is 2.43. The summed E-state index contributed by atoms with van der Waals surface area (Å²) < 4.78 is 12.8. The first-order valence-electron chi connectivity index (χ1n) is 3.67. The van der Waals surface area contributed by atoms with E-state index < -0.39 is 0 Å². The van der Waals surface area contributed by atoms with Crippen LogP contribution < -0.4 is 16.4 Å². The zero-order valence-electron chi connectivity index (χ0n) is 7.10. The average Bonchev–Trinajstić information content (AvgIpc) is 2.03. The van der Waals surface area contributed by atoms with Crippen LogP contribution >= 0.6 is 12.2 Å². The molecule has 0 bridgehead atoms. The molecule has 3 nitrogen and oxygen atoms in total. The van der Waals surface area contributed by atoms with E-state index in [9.17, 15) is 4.39 Å². The number of thiocarbonyl (C=S) groups is 1. The number of hydrogen-bond acceptors (Lipinski definition) is 2. The fourth-order valence-corrected chi connectivity index (χ4v) is 1.08. The quantitative estimate of drug-likeness (QED) is 0.632. The molecule has 0 aliphatic rings. The molecule has 0 saturated carbocycles. The third-order valence-electron chi connectivity index (χ3n) is 1.51. The van der Waals surface area contributed by atoms with Crippen LogP contribution in [0.15, 0.2) is 18.2 Å². The van der Waals surface area contributed by atoms with Gasteiger partial charge in [-0.3, -0.25) is 0 Å². The van der Waals surface area contributed by atoms with Crippen LogP contribution in [0.3, 0.4) is 0 Å². The van der Waals surface area contributed by atoms with Gasteiger partial charge in [0.1, 0.15) is 5.82 Å². The lowest BCUT2D eigenvalue weighted by Gasteiger charge is -2.09. The summed E-state index contributed by atoms with van der Waals surface area (Å²) in [5.41, 5.74) is 6.55. The highest BCUT2D eigenvalue weighted by molar-refractivity contribution is 7.80. The lowest BCUT2D eigenvalue weighted by molar-refractivity contribution is 0.628. The maximum Gasteiger partial charge on any atom is 0.168 e. The van der Waals surface area contributed by atoms with Crippen LogP contribution in [0.1, 0.15) is 0 Å². The molecular weight excluding hydrogens is 189 g/mol. The Hall–Kier alpha value is -1.36. The molecule has 0 spiro atoms. The van der Waals surface area contributed by atoms with Gasteiger partial charge in [0.15, 0.2) is 5.11 Å². The summed E-state index contributed by atoms with van der Waals surface area (Å²) in [5, 5.41) is 5.67. The summed E-state index contributed by atoms with van der Waals surface area (Å²) >= 11 is 4.64. The van der Waals surface area contributed by atoms with Crippen molar-refractivity contribution >= 4 is 28.7 Å². The molecule has 1 aromatic rings. The van der Waals surface area contributed by atoms with Gasteiger partial charge in [0.2, 0.25) is 0 Å². The molecule has 0 unspecified atom stereocenters. The zero-order chi connectivity index (χ0) is 9.84. The number of hydrogen-bond donors (Lipinski definition) is 3. The second-order valence-corrected chi connectivity index (χ2v) is 2.87. The van der Waals surface area contributed by atoms with E-state index in [0.717, 1.165) is 5.69 Å². The minimum atomic E-state index is -0.335. The van der Waals surface area contributed by atoms with Gasteiger partial charge >= 0.3 is 0 Å². The van der Waals surface area contributed by atoms with Crippen molar-refractivity contribution in [1.29, 1.82) is 0 Å². The van der Waals surface area contributed by atoms with Gasteiger partial charge in [0.05, 0.1) is 11.4 Å². The normalized spacial score (nSPS) is 9.38. The summed E-state index contributed by atoms with van der Waals surface area (Å²) in [7, 11) is 1.73. The maximum atomic E-state index is 12.8. The first-order chi connectivity index (χ1) is 6.13. The second kappa shape index (κ2) is 4.04. The molecule has 0 radical (unpaired) electrons. The van der Waals surface area contributed by atoms with Gasteiger partial charge < -0.3 is 16.4 Å². The fourth-order valence-electron chi connectivity index (χ4n) is 0.971. The summed E-state index contributed by atoms with van der Waals surface area (Å²) in [6.45, 7) is 0. The van der Waals surface area contributed by atoms with Gasteiger partial charge in [-0.25, -0.2) is 4.39 Å². The van der Waals surface area contributed by atoms with Crippen LogP contribution in [-0.4, -0.2) is 12.2 Å². The Morgan fingerprint density at radius 3 is 2.69 bits per heavy atom. The van der Waals surface area contributed by atoms with Crippen molar-refractivity contribution in [2.45, 2.75) is 0 Å². The van der Waals surface area contributed by atoms with E-state index in [1.165, 1.54) is 12.1 Å². The molecule has 4 N–H and O–H groups in total. The number of halogens is 1. The van der Waals surface area contributed by atoms with Crippen molar-refractivity contribution in [2.75, 3.05) is 17.7 Å². The Bertz CT molecular complexity index is 327. The highest BCUT2D eigenvalue weighted by Gasteiger charge is 2.02. The fraction of sp³-hybridized carbons (Fsp3) is 0.125. The summed E-state index contributed by atoms with van der Waals surface area (Å²) in [5.74, 6) is -0.335. The van der Waals surface area contributed by atoms with E-state index >= 15 is 0 Å². The molecule has 0 aliphatic heterocycles. The number of nitrogens with one attached hydrogen (secondary N) is 2. The van der Waals surface area contributed by atoms with Gasteiger partial charge in [-0.2, -0.15) is 0 Å². The Kier molecular flexibility index (Phi) is 3.02. The molecule has 0 aromatic heterocycles. The number of anilines is 2.